The van der Waals surface area contributed by atoms with Crippen molar-refractivity contribution in [1.29, 1.82) is 0 Å². The highest BCUT2D eigenvalue weighted by molar-refractivity contribution is 9.10. The molecule has 0 radical (unpaired) electrons. The van der Waals surface area contributed by atoms with Gasteiger partial charge in [0, 0.05) is 22.4 Å². The van der Waals surface area contributed by atoms with E-state index in [0.717, 1.165) is 23.0 Å². The molecule has 102 valence electrons. The topological polar surface area (TPSA) is 66.9 Å². The van der Waals surface area contributed by atoms with Gasteiger partial charge in [0.15, 0.2) is 0 Å². The van der Waals surface area contributed by atoms with Crippen molar-refractivity contribution in [1.82, 2.24) is 9.97 Å². The van der Waals surface area contributed by atoms with Crippen LogP contribution < -0.4 is 10.6 Å². The second kappa shape index (κ2) is 5.58. The smallest absolute Gasteiger partial charge is 0.274 e. The predicted octanol–water partition coefficient (Wildman–Crippen LogP) is 3.07. The van der Waals surface area contributed by atoms with Crippen molar-refractivity contribution in [2.75, 3.05) is 10.6 Å². The highest BCUT2D eigenvalue weighted by atomic mass is 79.9. The Morgan fingerprint density at radius 3 is 2.90 bits per heavy atom. The normalized spacial score (nSPS) is 13.8. The number of nitrogens with one attached hydrogen (secondary N) is 2. The van der Waals surface area contributed by atoms with Crippen molar-refractivity contribution in [3.8, 4) is 0 Å². The van der Waals surface area contributed by atoms with E-state index in [1.165, 1.54) is 0 Å². The van der Waals surface area contributed by atoms with E-state index in [0.29, 0.717) is 17.7 Å². The Labute approximate surface area is 125 Å². The lowest BCUT2D eigenvalue weighted by Crippen LogP contribution is -2.15. The van der Waals surface area contributed by atoms with Gasteiger partial charge in [-0.05, 0) is 37.1 Å². The third-order valence-corrected chi connectivity index (χ3v) is 3.37. The van der Waals surface area contributed by atoms with E-state index < -0.39 is 0 Å². The SMILES string of the molecule is O=C(Nc1cccc(Br)c1)c1ccnc(NC2CC2)n1. The van der Waals surface area contributed by atoms with Gasteiger partial charge in [-0.15, -0.1) is 0 Å². The highest BCUT2D eigenvalue weighted by Crippen LogP contribution is 2.22. The monoisotopic (exact) mass is 332 g/mol. The zero-order valence-corrected chi connectivity index (χ0v) is 12.2. The van der Waals surface area contributed by atoms with E-state index in [1.54, 1.807) is 12.3 Å². The number of amides is 1. The van der Waals surface area contributed by atoms with Crippen LogP contribution in [0.2, 0.25) is 0 Å². The van der Waals surface area contributed by atoms with Crippen LogP contribution in [0.25, 0.3) is 0 Å². The van der Waals surface area contributed by atoms with Gasteiger partial charge in [0.2, 0.25) is 5.95 Å². The molecule has 1 fully saturated rings. The van der Waals surface area contributed by atoms with E-state index in [4.69, 9.17) is 0 Å². The number of nitrogens with zero attached hydrogens (tertiary/aromatic N) is 2. The van der Waals surface area contributed by atoms with Crippen LogP contribution in [0.4, 0.5) is 11.6 Å². The van der Waals surface area contributed by atoms with Crippen molar-refractivity contribution in [3.05, 3.63) is 46.7 Å². The Morgan fingerprint density at radius 1 is 1.30 bits per heavy atom. The van der Waals surface area contributed by atoms with Gasteiger partial charge in [-0.1, -0.05) is 22.0 Å². The molecule has 1 aromatic heterocycles. The molecule has 0 bridgehead atoms. The van der Waals surface area contributed by atoms with Crippen molar-refractivity contribution in [2.24, 2.45) is 0 Å². The fraction of sp³-hybridized carbons (Fsp3) is 0.214. The van der Waals surface area contributed by atoms with E-state index in [9.17, 15) is 4.79 Å². The number of rotatable bonds is 4. The number of anilines is 2. The lowest BCUT2D eigenvalue weighted by Gasteiger charge is -2.07. The Hall–Kier alpha value is -1.95. The number of benzene rings is 1. The average molecular weight is 333 g/mol. The van der Waals surface area contributed by atoms with Crippen LogP contribution in [-0.4, -0.2) is 21.9 Å². The number of carbonyl (C=O) groups excluding carboxylic acids is 1. The molecule has 3 rings (SSSR count). The van der Waals surface area contributed by atoms with Crippen LogP contribution in [0.1, 0.15) is 23.3 Å². The number of aromatic nitrogens is 2. The molecular weight excluding hydrogens is 320 g/mol. The fourth-order valence-electron chi connectivity index (χ4n) is 1.73. The van der Waals surface area contributed by atoms with Crippen LogP contribution in [0.3, 0.4) is 0 Å². The molecule has 20 heavy (non-hydrogen) atoms. The predicted molar refractivity (Wildman–Crippen MR) is 80.8 cm³/mol. The maximum Gasteiger partial charge on any atom is 0.274 e. The summed E-state index contributed by atoms with van der Waals surface area (Å²) in [6.45, 7) is 0. The Kier molecular flexibility index (Phi) is 3.64. The Balaban J connectivity index is 1.72. The molecule has 0 spiro atoms. The summed E-state index contributed by atoms with van der Waals surface area (Å²) in [5.41, 5.74) is 1.07. The second-order valence-corrected chi connectivity index (χ2v) is 5.56. The highest BCUT2D eigenvalue weighted by Gasteiger charge is 2.22. The number of halogens is 1. The standard InChI is InChI=1S/C14H13BrN4O/c15-9-2-1-3-11(8-9)17-13(20)12-6-7-16-14(19-12)18-10-4-5-10/h1-3,6-8,10H,4-5H2,(H,17,20)(H,16,18,19). The lowest BCUT2D eigenvalue weighted by atomic mass is 10.3. The van der Waals surface area contributed by atoms with Gasteiger partial charge < -0.3 is 10.6 Å². The minimum absolute atomic E-state index is 0.246. The first-order chi connectivity index (χ1) is 9.70. The molecule has 5 nitrogen and oxygen atoms in total. The summed E-state index contributed by atoms with van der Waals surface area (Å²) in [4.78, 5) is 20.5. The summed E-state index contributed by atoms with van der Waals surface area (Å²) in [7, 11) is 0. The molecule has 1 aliphatic carbocycles. The largest absolute Gasteiger partial charge is 0.351 e. The third-order valence-electron chi connectivity index (χ3n) is 2.88. The summed E-state index contributed by atoms with van der Waals surface area (Å²) in [6, 6.07) is 9.48. The molecule has 1 aromatic carbocycles. The summed E-state index contributed by atoms with van der Waals surface area (Å²) >= 11 is 3.37. The van der Waals surface area contributed by atoms with Gasteiger partial charge in [0.25, 0.3) is 5.91 Å². The summed E-state index contributed by atoms with van der Waals surface area (Å²) in [6.07, 6.45) is 3.86. The van der Waals surface area contributed by atoms with Crippen LogP contribution in [0.5, 0.6) is 0 Å². The Morgan fingerprint density at radius 2 is 2.15 bits per heavy atom. The first-order valence-corrected chi connectivity index (χ1v) is 7.16. The van der Waals surface area contributed by atoms with Gasteiger partial charge in [-0.3, -0.25) is 4.79 Å². The van der Waals surface area contributed by atoms with Gasteiger partial charge >= 0.3 is 0 Å². The van der Waals surface area contributed by atoms with E-state index >= 15 is 0 Å². The molecule has 1 heterocycles. The van der Waals surface area contributed by atoms with Crippen molar-refractivity contribution in [2.45, 2.75) is 18.9 Å². The van der Waals surface area contributed by atoms with Crippen LogP contribution >= 0.6 is 15.9 Å². The van der Waals surface area contributed by atoms with E-state index in [2.05, 4.69) is 36.5 Å². The van der Waals surface area contributed by atoms with E-state index in [1.807, 2.05) is 24.3 Å². The maximum absolute atomic E-state index is 12.1. The van der Waals surface area contributed by atoms with Crippen molar-refractivity contribution >= 4 is 33.5 Å². The second-order valence-electron chi connectivity index (χ2n) is 4.65. The van der Waals surface area contributed by atoms with Gasteiger partial charge in [-0.25, -0.2) is 9.97 Å². The molecule has 0 saturated heterocycles. The summed E-state index contributed by atoms with van der Waals surface area (Å²) < 4.78 is 0.911. The molecule has 0 atom stereocenters. The zero-order valence-electron chi connectivity index (χ0n) is 10.6. The molecule has 0 aliphatic heterocycles. The molecule has 1 amide bonds. The van der Waals surface area contributed by atoms with Crippen LogP contribution in [-0.2, 0) is 0 Å². The number of carbonyl (C=O) groups is 1. The summed E-state index contributed by atoms with van der Waals surface area (Å²) in [5, 5.41) is 5.98. The van der Waals surface area contributed by atoms with Crippen molar-refractivity contribution in [3.63, 3.8) is 0 Å². The van der Waals surface area contributed by atoms with Crippen LogP contribution in [0, 0.1) is 0 Å². The molecule has 6 heteroatoms. The minimum Gasteiger partial charge on any atom is -0.351 e. The maximum atomic E-state index is 12.1. The van der Waals surface area contributed by atoms with Gasteiger partial charge in [0.05, 0.1) is 0 Å². The zero-order chi connectivity index (χ0) is 13.9. The van der Waals surface area contributed by atoms with Gasteiger partial charge in [0.1, 0.15) is 5.69 Å². The lowest BCUT2D eigenvalue weighted by molar-refractivity contribution is 0.102. The van der Waals surface area contributed by atoms with Crippen LogP contribution in [0.15, 0.2) is 41.0 Å². The van der Waals surface area contributed by atoms with E-state index in [-0.39, 0.29) is 5.91 Å². The Bertz CT molecular complexity index is 643. The molecule has 0 unspecified atom stereocenters. The third kappa shape index (κ3) is 3.33. The number of hydrogen-bond donors (Lipinski definition) is 2. The first kappa shape index (κ1) is 13.1. The summed E-state index contributed by atoms with van der Waals surface area (Å²) in [5.74, 6) is 0.263. The van der Waals surface area contributed by atoms with Crippen molar-refractivity contribution < 1.29 is 4.79 Å². The fourth-order valence-corrected chi connectivity index (χ4v) is 2.13. The first-order valence-electron chi connectivity index (χ1n) is 6.37. The quantitative estimate of drug-likeness (QED) is 0.902. The van der Waals surface area contributed by atoms with Gasteiger partial charge in [-0.2, -0.15) is 0 Å². The average Bonchev–Trinajstić information content (AvgIpc) is 3.23. The molecule has 1 saturated carbocycles. The minimum atomic E-state index is -0.246. The number of hydrogen-bond acceptors (Lipinski definition) is 4. The molecular formula is C14H13BrN4O. The molecule has 1 aliphatic rings. The molecule has 2 aromatic rings. The molecule has 2 N–H and O–H groups in total.